The van der Waals surface area contributed by atoms with Crippen LogP contribution in [0.2, 0.25) is 0 Å². The first-order chi connectivity index (χ1) is 69.4. The Morgan fingerprint density at radius 3 is 1.22 bits per heavy atom. The summed E-state index contributed by atoms with van der Waals surface area (Å²) < 4.78 is 190. The zero-order valence-electron chi connectivity index (χ0n) is 80.8. The van der Waals surface area contributed by atoms with Crippen molar-refractivity contribution in [2.75, 3.05) is 23.0 Å². The number of esters is 7. The first-order valence-electron chi connectivity index (χ1n) is 46.2. The van der Waals surface area contributed by atoms with Crippen molar-refractivity contribution < 1.29 is 165 Å². The number of carbonyl (C=O) groups excluding carboxylic acids is 7. The number of thiol groups is 1. The minimum atomic E-state index is -4.54. The van der Waals surface area contributed by atoms with Crippen molar-refractivity contribution in [2.45, 2.75) is 226 Å². The third kappa shape index (κ3) is 37.3. The number of carbonyl (C=O) groups is 9. The number of halogens is 12. The number of pyridine rings is 2. The van der Waals surface area contributed by atoms with Crippen LogP contribution in [0.25, 0.3) is 0 Å². The number of rotatable bonds is 24. The fourth-order valence-electron chi connectivity index (χ4n) is 15.2. The van der Waals surface area contributed by atoms with E-state index in [2.05, 4.69) is 33.2 Å². The Morgan fingerprint density at radius 1 is 0.483 bits per heavy atom. The third-order valence-corrected chi connectivity index (χ3v) is 26.7. The molecule has 9 aliphatic rings. The van der Waals surface area contributed by atoms with E-state index >= 15 is 0 Å². The molecule has 2 saturated heterocycles. The summed E-state index contributed by atoms with van der Waals surface area (Å²) in [5, 5.41) is 38.3. The molecule has 4 saturated carbocycles. The molecule has 4 aliphatic carbocycles. The van der Waals surface area contributed by atoms with Gasteiger partial charge in [0.25, 0.3) is 22.7 Å². The Bertz CT molecular complexity index is 6430. The number of nitrogens with zero attached hydrogens (tertiary/aromatic N) is 4. The maximum absolute atomic E-state index is 13.2. The number of fused-ring (bicyclic) bond motifs is 2. The predicted molar refractivity (Wildman–Crippen MR) is 527 cm³/mol. The van der Waals surface area contributed by atoms with Gasteiger partial charge < -0.3 is 61.6 Å². The maximum Gasteiger partial charge on any atom is 0.416 e. The second-order valence-electron chi connectivity index (χ2n) is 36.0. The van der Waals surface area contributed by atoms with Gasteiger partial charge in [0.1, 0.15) is 50.1 Å². The molecule has 4 atom stereocenters. The van der Waals surface area contributed by atoms with Gasteiger partial charge in [0, 0.05) is 96.1 Å². The number of carboxylic acids is 2. The van der Waals surface area contributed by atoms with E-state index in [1.807, 2.05) is 91.0 Å². The molecule has 800 valence electrons. The van der Waals surface area contributed by atoms with E-state index in [0.29, 0.717) is 39.8 Å². The second-order valence-corrected chi connectivity index (χ2v) is 39.5. The van der Waals surface area contributed by atoms with Crippen LogP contribution >= 0.6 is 47.9 Å². The third-order valence-electron chi connectivity index (χ3n) is 22.9. The van der Waals surface area contributed by atoms with Crippen LogP contribution in [0.3, 0.4) is 0 Å². The van der Waals surface area contributed by atoms with Crippen LogP contribution in [-0.4, -0.2) is 130 Å². The molecule has 7 heterocycles. The van der Waals surface area contributed by atoms with Gasteiger partial charge in [0.05, 0.1) is 49.8 Å². The minimum Gasteiger partial charge on any atom is -0.511 e. The summed E-state index contributed by atoms with van der Waals surface area (Å²) in [6.45, 7) is 6.44. The molecule has 43 heteroatoms. The van der Waals surface area contributed by atoms with Gasteiger partial charge in [0.2, 0.25) is 0 Å². The molecular formula is C106H106F12N5O21PdS4-. The van der Waals surface area contributed by atoms with Crippen molar-refractivity contribution in [2.24, 2.45) is 22.6 Å². The number of ether oxygens (including phenoxy) is 7. The van der Waals surface area contributed by atoms with Crippen LogP contribution in [0.15, 0.2) is 236 Å². The van der Waals surface area contributed by atoms with E-state index in [1.54, 1.807) is 23.9 Å². The van der Waals surface area contributed by atoms with Crippen molar-refractivity contribution in [3.8, 4) is 6.07 Å². The van der Waals surface area contributed by atoms with Crippen LogP contribution < -0.4 is 16.9 Å². The van der Waals surface area contributed by atoms with Gasteiger partial charge in [-0.3, -0.25) is 42.9 Å². The zero-order chi connectivity index (χ0) is 107. The first kappa shape index (κ1) is 120. The maximum atomic E-state index is 13.2. The number of allylic oxidation sites excluding steroid dienone is 1. The van der Waals surface area contributed by atoms with Crippen molar-refractivity contribution in [3.63, 3.8) is 0 Å². The fraction of sp³-hybridized carbons (Fsp3) is 0.377. The number of alkyl halides is 12. The van der Waals surface area contributed by atoms with Gasteiger partial charge >= 0.3 is 78.4 Å². The number of hydrogen-bond donors (Lipinski definition) is 5. The Hall–Kier alpha value is -12.4. The number of hydrogen-bond acceptors (Lipinski definition) is 26. The van der Waals surface area contributed by atoms with E-state index < -0.39 is 154 Å². The summed E-state index contributed by atoms with van der Waals surface area (Å²) in [6.07, 6.45) is -7.54. The van der Waals surface area contributed by atoms with Crippen LogP contribution in [0.5, 0.6) is 0 Å². The standard InChI is InChI=1S/C26H22F3NO3S.C19H16F3NO3S.C15H13F3O5.C15H17NO2S.C10H13NO2S.C9H7F3O2.C6H8O4.C5H7N.CH3.Pd/c27-26(28,29)20-8-4-7-17(12-20)11-19-13-22(31)30-21(15-34-24(30)23(19)18-9-10-18)25(32)33-14-16-5-2-1-3-6-16;20-19(21,22)13-3-1-2-10(7-13)6-12-8-15(24)23-14(18(25)26)9-27-17(23)16(12)11-4-5-11;1-14(2)22-12(20)11(13(21)23-14)10(19)7-8-4-3-5-9(6-8)15(16,17)18;17-15(18-9-12-4-2-1-3-5-12)13-10-19-14(16-13)8-11-6-7-11;11-9(7-14)10(12)13-6-8-4-2-1-3-5-8;10-9(11,12)7-3-1-2-6(4-7)5-8(13)14;1-6(2)9-4(7)3-5(8)10-6;6-4-3-5-1-2-5;;/h1-8,12-13,18,21H,9-11,14-15H2;1-3,7-8,11,14H,4-6,9H2,(H,25,26);3-6,19H,7H2,1-2H3;1-5,11,13H,6-10H2;1-5,9,14H,6-7,11H2;1-4H,5H2,(H,13,14);3H2,1-2H3;5H,1-3H2;1H3;/q;;;;;;;;-1;/t21-;14-;;13-;9-;;;;;/m00.00...../s1. The molecule has 0 bridgehead atoms. The minimum absolute atomic E-state index is 0. The van der Waals surface area contributed by atoms with Crippen molar-refractivity contribution >= 4 is 107 Å². The largest absolute Gasteiger partial charge is 0.511 e. The molecule has 149 heavy (non-hydrogen) atoms. The number of aliphatic hydroxyl groups excluding tert-OH is 1. The Balaban J connectivity index is 0.000000196. The molecule has 6 fully saturated rings. The molecule has 5 N–H and O–H groups in total. The SMILES string of the molecule is CC1(C)OC(=O)C(=C(O)Cc2cccc(C(F)(F)F)c2)C(=O)O1.CC1(C)OC(=O)CC(=O)O1.N#CCC1CC1.N[C@@H](CS)C(=O)OCc1ccccc1.O=C(O)Cc1cccc(C(F)(F)F)c1.O=C(O)[C@@H]1CSc2c(C3CC3)c(Cc3cccc(C(F)(F)F)c3)cc(=O)n21.O=C(OCc1ccccc1)[C@@H]1CSC(CC2CC2)=N1.O=C(OCc1ccccc1)[C@@H]1CSc2c(C3CC3)c(Cc3cccc(C(F)(F)F)c3)cc(=O)n21.[CH3-].[Pd]. The summed E-state index contributed by atoms with van der Waals surface area (Å²) in [7, 11) is 0. The van der Waals surface area contributed by atoms with Crippen molar-refractivity contribution in [1.29, 1.82) is 5.26 Å². The molecule has 7 aromatic carbocycles. The zero-order valence-corrected chi connectivity index (χ0v) is 85.7. The fourth-order valence-corrected chi connectivity index (χ4v) is 19.2. The van der Waals surface area contributed by atoms with Gasteiger partial charge in [-0.25, -0.2) is 24.0 Å². The molecule has 0 radical (unpaired) electrons. The van der Waals surface area contributed by atoms with Crippen LogP contribution in [0, 0.1) is 30.6 Å². The van der Waals surface area contributed by atoms with Gasteiger partial charge in [-0.15, -0.1) is 35.3 Å². The molecule has 2 aromatic heterocycles. The molecule has 0 spiro atoms. The number of aromatic nitrogens is 2. The molecule has 0 amide bonds. The summed E-state index contributed by atoms with van der Waals surface area (Å²) in [4.78, 5) is 132. The number of carboxylic acid groups (broad SMARTS) is 2. The number of benzene rings is 7. The molecule has 26 nitrogen and oxygen atoms in total. The van der Waals surface area contributed by atoms with Gasteiger partial charge in [0.15, 0.2) is 11.6 Å². The van der Waals surface area contributed by atoms with Crippen molar-refractivity contribution in [1.82, 2.24) is 9.13 Å². The van der Waals surface area contributed by atoms with E-state index in [0.717, 1.165) is 154 Å². The van der Waals surface area contributed by atoms with Gasteiger partial charge in [-0.1, -0.05) is 164 Å². The predicted octanol–water partition coefficient (Wildman–Crippen LogP) is 21.0. The van der Waals surface area contributed by atoms with Crippen LogP contribution in [0.4, 0.5) is 52.7 Å². The number of aliphatic carboxylic acids is 2. The van der Waals surface area contributed by atoms with E-state index in [4.69, 9.17) is 39.8 Å². The van der Waals surface area contributed by atoms with Gasteiger partial charge in [-0.2, -0.15) is 70.6 Å². The summed E-state index contributed by atoms with van der Waals surface area (Å²) in [5.74, 6) is -5.89. The van der Waals surface area contributed by atoms with Crippen LogP contribution in [0.1, 0.15) is 206 Å². The summed E-state index contributed by atoms with van der Waals surface area (Å²) in [5.41, 5.74) is 8.23. The number of cyclic esters (lactones) is 4. The average molecular weight is 2250 g/mol. The molecular weight excluding hydrogens is 2140 g/mol. The quantitative estimate of drug-likeness (QED) is 0.00358. The van der Waals surface area contributed by atoms with E-state index in [1.165, 1.54) is 129 Å². The smallest absolute Gasteiger partial charge is 0.416 e. The monoisotopic (exact) mass is 2250 g/mol. The number of nitrogens with two attached hydrogens (primary N) is 1. The first-order valence-corrected chi connectivity index (χ1v) is 49.8. The summed E-state index contributed by atoms with van der Waals surface area (Å²) >= 11 is 8.42. The Morgan fingerprint density at radius 2 is 0.852 bits per heavy atom. The molecule has 9 aromatic rings. The summed E-state index contributed by atoms with van der Waals surface area (Å²) in [6, 6.07) is 49.9. The Labute approximate surface area is 881 Å². The van der Waals surface area contributed by atoms with E-state index in [9.17, 15) is 116 Å². The topological polar surface area (TPSA) is 385 Å². The number of aliphatic imine (C=N–C) groups is 1. The van der Waals surface area contributed by atoms with E-state index in [-0.39, 0.29) is 107 Å². The van der Waals surface area contributed by atoms with Gasteiger partial charge in [-0.05, 0) is 180 Å². The number of thioether (sulfide) groups is 3. The molecule has 5 aliphatic heterocycles. The van der Waals surface area contributed by atoms with Crippen LogP contribution in [-0.2, 0) is 167 Å². The second kappa shape index (κ2) is 53.8. The van der Waals surface area contributed by atoms with Crippen molar-refractivity contribution in [3.05, 3.63) is 323 Å². The molecule has 0 unspecified atom stereocenters. The number of aliphatic hydroxyl groups is 1. The number of nitriles is 1. The Kier molecular flexibility index (Phi) is 43.4. The average Bonchev–Trinajstić information content (AvgIpc) is 1.60. The molecule has 18 rings (SSSR count). The normalized spacial score (nSPS) is 17.6.